The fourth-order valence-corrected chi connectivity index (χ4v) is 6.36. The first kappa shape index (κ1) is 33.2. The number of carbonyl (C=O) groups excluding carboxylic acids is 1. The minimum Gasteiger partial charge on any atom is -0.491 e. The lowest BCUT2D eigenvalue weighted by molar-refractivity contribution is -0.234. The van der Waals surface area contributed by atoms with Gasteiger partial charge in [0.15, 0.2) is 12.6 Å². The second kappa shape index (κ2) is 18.2. The van der Waals surface area contributed by atoms with E-state index >= 15 is 0 Å². The predicted octanol–water partition coefficient (Wildman–Crippen LogP) is 6.45. The van der Waals surface area contributed by atoms with E-state index in [1.54, 1.807) is 6.07 Å². The maximum absolute atomic E-state index is 11.1. The molecule has 1 saturated carbocycles. The zero-order valence-electron chi connectivity index (χ0n) is 24.4. The third-order valence-electron chi connectivity index (χ3n) is 8.42. The van der Waals surface area contributed by atoms with E-state index in [0.717, 1.165) is 51.4 Å². The van der Waals surface area contributed by atoms with Crippen molar-refractivity contribution in [3.05, 3.63) is 41.4 Å². The predicted molar refractivity (Wildman–Crippen MR) is 157 cm³/mol. The molecule has 10 heteroatoms. The summed E-state index contributed by atoms with van der Waals surface area (Å²) in [5, 5.41) is 20.2. The molecular weight excluding hydrogens is 564 g/mol. The van der Waals surface area contributed by atoms with Gasteiger partial charge in [-0.25, -0.2) is 4.79 Å². The van der Waals surface area contributed by atoms with Crippen molar-refractivity contribution in [3.63, 3.8) is 0 Å². The molecule has 1 aliphatic carbocycles. The summed E-state index contributed by atoms with van der Waals surface area (Å²) in [6, 6.07) is 7.36. The lowest BCUT2D eigenvalue weighted by Crippen LogP contribution is -2.34. The molecule has 0 radical (unpaired) electrons. The summed E-state index contributed by atoms with van der Waals surface area (Å²) in [6.45, 7) is 1.78. The Bertz CT molecular complexity index is 948. The molecule has 2 N–H and O–H groups in total. The van der Waals surface area contributed by atoms with Crippen molar-refractivity contribution in [1.82, 2.24) is 0 Å². The number of benzene rings is 1. The van der Waals surface area contributed by atoms with Crippen molar-refractivity contribution in [3.8, 4) is 5.75 Å². The van der Waals surface area contributed by atoms with Gasteiger partial charge in [0, 0.05) is 31.1 Å². The quantitative estimate of drug-likeness (QED) is 0.0943. The number of hydrogen-bond acceptors (Lipinski definition) is 9. The molecule has 4 rings (SSSR count). The first-order valence-electron chi connectivity index (χ1n) is 15.6. The van der Waals surface area contributed by atoms with Gasteiger partial charge in [-0.15, -0.1) is 0 Å². The van der Waals surface area contributed by atoms with Crippen molar-refractivity contribution in [1.29, 1.82) is 0 Å². The third-order valence-corrected chi connectivity index (χ3v) is 8.66. The van der Waals surface area contributed by atoms with Gasteiger partial charge >= 0.3 is 5.97 Å². The van der Waals surface area contributed by atoms with Crippen molar-refractivity contribution in [2.75, 3.05) is 19.8 Å². The van der Waals surface area contributed by atoms with E-state index in [4.69, 9.17) is 40.5 Å². The first-order chi connectivity index (χ1) is 20.5. The molecule has 3 aliphatic rings. The van der Waals surface area contributed by atoms with E-state index in [0.29, 0.717) is 56.3 Å². The molecule has 2 saturated heterocycles. The van der Waals surface area contributed by atoms with E-state index in [1.807, 2.05) is 24.3 Å². The highest BCUT2D eigenvalue weighted by Gasteiger charge is 2.43. The van der Waals surface area contributed by atoms with E-state index < -0.39 is 12.1 Å². The molecule has 2 aliphatic heterocycles. The highest BCUT2D eigenvalue weighted by Crippen LogP contribution is 2.41. The number of aliphatic hydroxyl groups is 1. The minimum atomic E-state index is -0.630. The third kappa shape index (κ3) is 11.1. The maximum Gasteiger partial charge on any atom is 0.342 e. The van der Waals surface area contributed by atoms with Crippen LogP contribution in [0.25, 0.3) is 0 Å². The number of hydrogen-bond donors (Lipinski definition) is 2. The number of ether oxygens (including phenoxy) is 5. The summed E-state index contributed by atoms with van der Waals surface area (Å²) in [6.07, 6.45) is 13.1. The van der Waals surface area contributed by atoms with Gasteiger partial charge in [-0.05, 0) is 101 Å². The summed E-state index contributed by atoms with van der Waals surface area (Å²) in [4.78, 5) is 14.9. The molecule has 3 fully saturated rings. The summed E-state index contributed by atoms with van der Waals surface area (Å²) in [5.74, 6) is 0.207. The van der Waals surface area contributed by atoms with Gasteiger partial charge in [0.05, 0.1) is 18.3 Å². The molecular formula is C32H47ClO9. The summed E-state index contributed by atoms with van der Waals surface area (Å²) < 4.78 is 30.8. The van der Waals surface area contributed by atoms with Crippen LogP contribution in [0.3, 0.4) is 0 Å². The number of unbranched alkanes of at least 4 members (excludes halogenated alkanes) is 1. The molecule has 0 spiro atoms. The number of halogens is 1. The number of carbonyl (C=O) groups is 1. The van der Waals surface area contributed by atoms with Crippen LogP contribution in [-0.2, 0) is 28.6 Å². The van der Waals surface area contributed by atoms with Crippen LogP contribution in [0.15, 0.2) is 36.4 Å². The van der Waals surface area contributed by atoms with Crippen molar-refractivity contribution >= 4 is 17.6 Å². The second-order valence-corrected chi connectivity index (χ2v) is 12.0. The van der Waals surface area contributed by atoms with Crippen LogP contribution in [0.2, 0.25) is 5.02 Å². The first-order valence-corrected chi connectivity index (χ1v) is 16.0. The highest BCUT2D eigenvalue weighted by atomic mass is 35.5. The number of rotatable bonds is 16. The van der Waals surface area contributed by atoms with Gasteiger partial charge in [-0.2, -0.15) is 5.26 Å². The van der Waals surface area contributed by atoms with Gasteiger partial charge in [0.1, 0.15) is 12.4 Å². The van der Waals surface area contributed by atoms with Crippen LogP contribution in [0, 0.1) is 11.8 Å². The van der Waals surface area contributed by atoms with Crippen LogP contribution in [-0.4, -0.2) is 67.0 Å². The van der Waals surface area contributed by atoms with E-state index in [-0.39, 0.29) is 43.0 Å². The van der Waals surface area contributed by atoms with Crippen molar-refractivity contribution in [2.24, 2.45) is 11.8 Å². The molecule has 1 aromatic carbocycles. The SMILES string of the molecule is O=C(CCC/C=C\C[C@@H]1[C@@H](CC[C@H](COc2cccc(Cl)c2)OC2CCCCO2)[C@H](OC2CCCCO2)C[C@@H]1O)OO. The Morgan fingerprint density at radius 1 is 1.07 bits per heavy atom. The normalized spacial score (nSPS) is 29.0. The average Bonchev–Trinajstić information content (AvgIpc) is 3.30. The Morgan fingerprint density at radius 3 is 2.57 bits per heavy atom. The van der Waals surface area contributed by atoms with Crippen LogP contribution in [0.1, 0.15) is 83.5 Å². The van der Waals surface area contributed by atoms with E-state index in [9.17, 15) is 9.90 Å². The van der Waals surface area contributed by atoms with Gasteiger partial charge in [-0.1, -0.05) is 29.8 Å². The Labute approximate surface area is 254 Å². The van der Waals surface area contributed by atoms with Gasteiger partial charge in [-0.3, -0.25) is 0 Å². The van der Waals surface area contributed by atoms with Crippen LogP contribution < -0.4 is 4.74 Å². The molecule has 0 aromatic heterocycles. The van der Waals surface area contributed by atoms with Crippen molar-refractivity contribution in [2.45, 2.75) is 114 Å². The average molecular weight is 611 g/mol. The Kier molecular flexibility index (Phi) is 14.4. The maximum atomic E-state index is 11.1. The molecule has 2 unspecified atom stereocenters. The molecule has 236 valence electrons. The van der Waals surface area contributed by atoms with E-state index in [1.165, 1.54) is 0 Å². The van der Waals surface area contributed by atoms with Crippen LogP contribution >= 0.6 is 11.6 Å². The minimum absolute atomic E-state index is 0.0256. The zero-order valence-corrected chi connectivity index (χ0v) is 25.2. The largest absolute Gasteiger partial charge is 0.491 e. The summed E-state index contributed by atoms with van der Waals surface area (Å²) in [5.41, 5.74) is 0. The van der Waals surface area contributed by atoms with E-state index in [2.05, 4.69) is 11.0 Å². The fraction of sp³-hybridized carbons (Fsp3) is 0.719. The van der Waals surface area contributed by atoms with Crippen LogP contribution in [0.5, 0.6) is 5.75 Å². The zero-order chi connectivity index (χ0) is 29.6. The number of aliphatic hydroxyl groups excluding tert-OH is 1. The molecule has 42 heavy (non-hydrogen) atoms. The lowest BCUT2D eigenvalue weighted by Gasteiger charge is -2.32. The second-order valence-electron chi connectivity index (χ2n) is 11.6. The number of allylic oxidation sites excluding steroid dienone is 2. The smallest absolute Gasteiger partial charge is 0.342 e. The highest BCUT2D eigenvalue weighted by molar-refractivity contribution is 6.30. The standard InChI is InChI=1S/C32H47ClO9/c33-23-10-9-11-24(20-23)39-22-25(40-31-14-5-7-18-37-31)16-17-27-26(12-3-1-2-4-13-30(35)42-36)28(34)21-29(27)41-32-15-6-8-19-38-32/h1,3,9-11,20,25-29,31-32,34,36H,2,4-8,12-19,21-22H2/b3-1-/t25-,26-,27-,28+,29-,31?,32?/m1/s1. The molecule has 1 aromatic rings. The molecule has 0 amide bonds. The van der Waals surface area contributed by atoms with Gasteiger partial charge in [0.2, 0.25) is 0 Å². The molecule has 7 atom stereocenters. The summed E-state index contributed by atoms with van der Waals surface area (Å²) >= 11 is 6.16. The molecule has 0 bridgehead atoms. The van der Waals surface area contributed by atoms with Gasteiger partial charge in [0.25, 0.3) is 0 Å². The topological polar surface area (TPSA) is 113 Å². The molecule has 2 heterocycles. The fourth-order valence-electron chi connectivity index (χ4n) is 6.18. The van der Waals surface area contributed by atoms with Crippen LogP contribution in [0.4, 0.5) is 0 Å². The Hall–Kier alpha value is -1.72. The Balaban J connectivity index is 1.39. The Morgan fingerprint density at radius 2 is 1.86 bits per heavy atom. The monoisotopic (exact) mass is 610 g/mol. The molecule has 9 nitrogen and oxygen atoms in total. The van der Waals surface area contributed by atoms with Gasteiger partial charge < -0.3 is 33.7 Å². The summed E-state index contributed by atoms with van der Waals surface area (Å²) in [7, 11) is 0. The lowest BCUT2D eigenvalue weighted by atomic mass is 9.86. The van der Waals surface area contributed by atoms with Crippen molar-refractivity contribution < 1.29 is 43.7 Å².